The molecule has 0 aliphatic rings. The number of nitrogens with one attached hydrogen (secondary N) is 1. The monoisotopic (exact) mass is 306 g/mol. The zero-order valence-corrected chi connectivity index (χ0v) is 13.0. The van der Waals surface area contributed by atoms with Gasteiger partial charge in [0.1, 0.15) is 10.7 Å². The van der Waals surface area contributed by atoms with Crippen LogP contribution in [0.25, 0.3) is 11.1 Å². The van der Waals surface area contributed by atoms with Crippen LogP contribution >= 0.6 is 0 Å². The van der Waals surface area contributed by atoms with Crippen LogP contribution < -0.4 is 10.5 Å². The first-order chi connectivity index (χ1) is 9.67. The van der Waals surface area contributed by atoms with Crippen molar-refractivity contribution in [3.8, 4) is 11.1 Å². The summed E-state index contributed by atoms with van der Waals surface area (Å²) in [5.41, 5.74) is 6.40. The summed E-state index contributed by atoms with van der Waals surface area (Å²) in [6, 6.07) is 4.99. The number of hydrogen-bond acceptors (Lipinski definition) is 5. The third kappa shape index (κ3) is 3.99. The van der Waals surface area contributed by atoms with Crippen LogP contribution in [-0.2, 0) is 10.0 Å². The summed E-state index contributed by atoms with van der Waals surface area (Å²) >= 11 is 0. The Bertz CT molecular complexity index is 734. The largest absolute Gasteiger partial charge is 0.384 e. The number of hydrogen-bond donors (Lipinski definition) is 2. The SMILES string of the molecule is CC(C)(C)NS(=O)(=O)c1cncc(-c2ccc(N)nc2)c1. The highest BCUT2D eigenvalue weighted by atomic mass is 32.2. The summed E-state index contributed by atoms with van der Waals surface area (Å²) in [7, 11) is -3.61. The van der Waals surface area contributed by atoms with Crippen molar-refractivity contribution in [1.29, 1.82) is 0 Å². The topological polar surface area (TPSA) is 98.0 Å². The molecule has 0 bridgehead atoms. The maximum Gasteiger partial charge on any atom is 0.242 e. The molecular formula is C14H18N4O2S. The highest BCUT2D eigenvalue weighted by Crippen LogP contribution is 2.21. The molecule has 2 heterocycles. The molecule has 0 fully saturated rings. The molecular weight excluding hydrogens is 288 g/mol. The molecule has 0 spiro atoms. The summed E-state index contributed by atoms with van der Waals surface area (Å²) in [5, 5.41) is 0. The van der Waals surface area contributed by atoms with E-state index in [4.69, 9.17) is 5.73 Å². The van der Waals surface area contributed by atoms with E-state index in [1.54, 1.807) is 51.4 Å². The lowest BCUT2D eigenvalue weighted by Gasteiger charge is -2.20. The maximum absolute atomic E-state index is 12.3. The van der Waals surface area contributed by atoms with Crippen LogP contribution in [0.3, 0.4) is 0 Å². The van der Waals surface area contributed by atoms with Crippen molar-refractivity contribution in [2.24, 2.45) is 0 Å². The molecule has 112 valence electrons. The van der Waals surface area contributed by atoms with E-state index in [1.807, 2.05) is 0 Å². The Kier molecular flexibility index (Phi) is 3.97. The second-order valence-corrected chi connectivity index (χ2v) is 7.42. The van der Waals surface area contributed by atoms with Gasteiger partial charge in [-0.1, -0.05) is 0 Å². The fraction of sp³-hybridized carbons (Fsp3) is 0.286. The minimum Gasteiger partial charge on any atom is -0.384 e. The smallest absolute Gasteiger partial charge is 0.242 e. The summed E-state index contributed by atoms with van der Waals surface area (Å²) in [5.74, 6) is 0.407. The highest BCUT2D eigenvalue weighted by Gasteiger charge is 2.22. The molecule has 0 aliphatic carbocycles. The second kappa shape index (κ2) is 5.42. The molecule has 6 nitrogen and oxygen atoms in total. The van der Waals surface area contributed by atoms with Gasteiger partial charge in [-0.25, -0.2) is 18.1 Å². The lowest BCUT2D eigenvalue weighted by atomic mass is 10.1. The van der Waals surface area contributed by atoms with Crippen molar-refractivity contribution in [2.75, 3.05) is 5.73 Å². The molecule has 0 atom stereocenters. The van der Waals surface area contributed by atoms with Gasteiger partial charge >= 0.3 is 0 Å². The molecule has 3 N–H and O–H groups in total. The van der Waals surface area contributed by atoms with E-state index >= 15 is 0 Å². The predicted molar refractivity (Wildman–Crippen MR) is 82.0 cm³/mol. The van der Waals surface area contributed by atoms with Gasteiger partial charge in [0, 0.05) is 35.3 Å². The quantitative estimate of drug-likeness (QED) is 0.901. The van der Waals surface area contributed by atoms with Gasteiger partial charge in [0.15, 0.2) is 0 Å². The first-order valence-electron chi connectivity index (χ1n) is 6.38. The fourth-order valence-corrected chi connectivity index (χ4v) is 3.17. The van der Waals surface area contributed by atoms with Crippen molar-refractivity contribution in [3.05, 3.63) is 36.8 Å². The zero-order chi connectivity index (χ0) is 15.7. The van der Waals surface area contributed by atoms with Crippen molar-refractivity contribution in [3.63, 3.8) is 0 Å². The van der Waals surface area contributed by atoms with Crippen molar-refractivity contribution in [2.45, 2.75) is 31.2 Å². The van der Waals surface area contributed by atoms with Gasteiger partial charge < -0.3 is 5.73 Å². The Balaban J connectivity index is 2.40. The fourth-order valence-electron chi connectivity index (χ4n) is 1.76. The average molecular weight is 306 g/mol. The Morgan fingerprint density at radius 2 is 1.81 bits per heavy atom. The number of nitrogens with two attached hydrogens (primary N) is 1. The van der Waals surface area contributed by atoms with E-state index in [9.17, 15) is 8.42 Å². The molecule has 0 saturated carbocycles. The molecule has 21 heavy (non-hydrogen) atoms. The number of sulfonamides is 1. The number of pyridine rings is 2. The summed E-state index contributed by atoms with van der Waals surface area (Å²) < 4.78 is 27.2. The van der Waals surface area contributed by atoms with Crippen LogP contribution in [0.1, 0.15) is 20.8 Å². The Morgan fingerprint density at radius 1 is 1.10 bits per heavy atom. The van der Waals surface area contributed by atoms with Gasteiger partial charge in [-0.2, -0.15) is 0 Å². The Labute approximate surface area is 124 Å². The lowest BCUT2D eigenvalue weighted by Crippen LogP contribution is -2.40. The molecule has 0 unspecified atom stereocenters. The minimum atomic E-state index is -3.61. The van der Waals surface area contributed by atoms with Crippen molar-refractivity contribution >= 4 is 15.8 Å². The van der Waals surface area contributed by atoms with Crippen molar-refractivity contribution < 1.29 is 8.42 Å². The van der Waals surface area contributed by atoms with Crippen LogP contribution in [0.5, 0.6) is 0 Å². The summed E-state index contributed by atoms with van der Waals surface area (Å²) in [6.45, 7) is 5.35. The van der Waals surface area contributed by atoms with Gasteiger partial charge in [-0.15, -0.1) is 0 Å². The molecule has 0 saturated heterocycles. The van der Waals surface area contributed by atoms with Crippen LogP contribution in [0, 0.1) is 0 Å². The molecule has 0 radical (unpaired) electrons. The van der Waals surface area contributed by atoms with Gasteiger partial charge in [-0.3, -0.25) is 4.98 Å². The first kappa shape index (κ1) is 15.4. The zero-order valence-electron chi connectivity index (χ0n) is 12.2. The molecule has 0 aromatic carbocycles. The van der Waals surface area contributed by atoms with Crippen LogP contribution in [0.2, 0.25) is 0 Å². The van der Waals surface area contributed by atoms with Crippen molar-refractivity contribution in [1.82, 2.24) is 14.7 Å². The van der Waals surface area contributed by atoms with Gasteiger partial charge in [0.2, 0.25) is 10.0 Å². The van der Waals surface area contributed by atoms with Crippen LogP contribution in [0.4, 0.5) is 5.82 Å². The van der Waals surface area contributed by atoms with Crippen LogP contribution in [0.15, 0.2) is 41.7 Å². The first-order valence-corrected chi connectivity index (χ1v) is 7.87. The third-order valence-corrected chi connectivity index (χ3v) is 4.31. The van der Waals surface area contributed by atoms with Gasteiger partial charge in [0.05, 0.1) is 0 Å². The van der Waals surface area contributed by atoms with Gasteiger partial charge in [-0.05, 0) is 39.0 Å². The van der Waals surface area contributed by atoms with Crippen LogP contribution in [-0.4, -0.2) is 23.9 Å². The summed E-state index contributed by atoms with van der Waals surface area (Å²) in [6.07, 6.45) is 4.49. The average Bonchev–Trinajstić information content (AvgIpc) is 2.37. The standard InChI is InChI=1S/C14H18N4O2S/c1-14(2,3)18-21(19,20)12-6-11(7-16-9-12)10-4-5-13(15)17-8-10/h4-9,18H,1-3H3,(H2,15,17). The Morgan fingerprint density at radius 3 is 2.38 bits per heavy atom. The van der Waals surface area contributed by atoms with E-state index in [0.29, 0.717) is 11.4 Å². The molecule has 2 rings (SSSR count). The van der Waals surface area contributed by atoms with Gasteiger partial charge in [0.25, 0.3) is 0 Å². The molecule has 0 aliphatic heterocycles. The third-order valence-electron chi connectivity index (χ3n) is 2.58. The predicted octanol–water partition coefficient (Wildman–Crippen LogP) is 1.80. The normalized spacial score (nSPS) is 12.3. The Hall–Kier alpha value is -1.99. The number of aromatic nitrogens is 2. The number of nitrogen functional groups attached to an aromatic ring is 1. The number of anilines is 1. The highest BCUT2D eigenvalue weighted by molar-refractivity contribution is 7.89. The van der Waals surface area contributed by atoms with E-state index < -0.39 is 15.6 Å². The van der Waals surface area contributed by atoms with E-state index in [1.165, 1.54) is 6.20 Å². The minimum absolute atomic E-state index is 0.117. The second-order valence-electron chi connectivity index (χ2n) is 5.74. The van der Waals surface area contributed by atoms with E-state index in [0.717, 1.165) is 5.56 Å². The molecule has 0 amide bonds. The number of rotatable bonds is 3. The maximum atomic E-state index is 12.3. The molecule has 7 heteroatoms. The summed E-state index contributed by atoms with van der Waals surface area (Å²) in [4.78, 5) is 8.11. The lowest BCUT2D eigenvalue weighted by molar-refractivity contribution is 0.491. The van der Waals surface area contributed by atoms with E-state index in [2.05, 4.69) is 14.7 Å². The molecule has 2 aromatic heterocycles. The molecule has 2 aromatic rings. The number of nitrogens with zero attached hydrogens (tertiary/aromatic N) is 2. The van der Waals surface area contributed by atoms with E-state index in [-0.39, 0.29) is 4.90 Å².